The maximum Gasteiger partial charge on any atom is 0.355 e. The molecule has 0 saturated carbocycles. The van der Waals surface area contributed by atoms with Crippen molar-refractivity contribution in [2.24, 2.45) is 0 Å². The molecule has 5 nitrogen and oxygen atoms in total. The molecule has 200 valence electrons. The van der Waals surface area contributed by atoms with Gasteiger partial charge < -0.3 is 18.9 Å². The Hall–Kier alpha value is -3.06. The average molecular weight is 526 g/mol. The highest BCUT2D eigenvalue weighted by molar-refractivity contribution is 6.78. The normalized spacial score (nSPS) is 12.7. The minimum atomic E-state index is -2.23. The molecule has 37 heavy (non-hydrogen) atoms. The zero-order chi connectivity index (χ0) is 27.2. The predicted octanol–water partition coefficient (Wildman–Crippen LogP) is 8.33. The fourth-order valence-corrected chi connectivity index (χ4v) is 10.4. The Labute approximate surface area is 221 Å². The Kier molecular flexibility index (Phi) is 9.60. The van der Waals surface area contributed by atoms with Crippen LogP contribution in [0.1, 0.15) is 64.5 Å². The average Bonchev–Trinajstić information content (AvgIpc) is 3.36. The van der Waals surface area contributed by atoms with Gasteiger partial charge in [0.15, 0.2) is 0 Å². The number of carbonyl (C=O) groups excluding carboxylic acids is 1. The van der Waals surface area contributed by atoms with Gasteiger partial charge in [0.2, 0.25) is 0 Å². The number of aromatic amines is 1. The molecule has 0 unspecified atom stereocenters. The molecular weight excluding hydrogens is 485 g/mol. The number of carbonyl (C=O) groups is 1. The largest absolute Gasteiger partial charge is 0.543 e. The van der Waals surface area contributed by atoms with E-state index in [1.54, 1.807) is 13.0 Å². The van der Waals surface area contributed by atoms with Gasteiger partial charge in [-0.3, -0.25) is 0 Å². The lowest BCUT2D eigenvalue weighted by Crippen LogP contribution is -2.50. The van der Waals surface area contributed by atoms with Gasteiger partial charge in [-0.15, -0.1) is 0 Å². The third-order valence-corrected chi connectivity index (χ3v) is 12.9. The van der Waals surface area contributed by atoms with Crippen LogP contribution in [0.4, 0.5) is 4.39 Å². The summed E-state index contributed by atoms with van der Waals surface area (Å²) in [6.07, 6.45) is -0.586. The van der Waals surface area contributed by atoms with E-state index in [2.05, 4.69) is 46.5 Å². The quantitative estimate of drug-likeness (QED) is 0.191. The Bertz CT molecular complexity index is 1140. The van der Waals surface area contributed by atoms with Crippen LogP contribution in [-0.4, -0.2) is 32.0 Å². The zero-order valence-electron chi connectivity index (χ0n) is 23.0. The van der Waals surface area contributed by atoms with Crippen LogP contribution in [0, 0.1) is 0 Å². The standard InChI is InChI=1S/C30H40FNO4Si/c1-20(2)37(21(3)4,22(5)6)36-27-16-25(15-26(17-27)35-23(7)18-31)28-13-14-29(32-28)30(33)34-19-24-11-9-8-10-12-24/h8-17,20-23,32H,18-19H2,1-7H3/t23-/m0/s1. The summed E-state index contributed by atoms with van der Waals surface area (Å²) in [5, 5.41) is 0. The summed E-state index contributed by atoms with van der Waals surface area (Å²) in [5.41, 5.74) is 3.96. The van der Waals surface area contributed by atoms with Crippen LogP contribution in [0.15, 0.2) is 60.7 Å². The molecule has 1 heterocycles. The molecule has 0 amide bonds. The molecule has 0 radical (unpaired) electrons. The molecule has 0 fully saturated rings. The van der Waals surface area contributed by atoms with Gasteiger partial charge in [-0.05, 0) is 53.4 Å². The van der Waals surface area contributed by atoms with E-state index in [-0.39, 0.29) is 6.61 Å². The predicted molar refractivity (Wildman–Crippen MR) is 150 cm³/mol. The second-order valence-electron chi connectivity index (χ2n) is 10.5. The number of alkyl halides is 1. The highest BCUT2D eigenvalue weighted by atomic mass is 28.4. The van der Waals surface area contributed by atoms with Crippen molar-refractivity contribution in [2.45, 2.75) is 77.8 Å². The molecule has 0 bridgehead atoms. The number of rotatable bonds is 12. The smallest absolute Gasteiger partial charge is 0.355 e. The van der Waals surface area contributed by atoms with Crippen LogP contribution in [-0.2, 0) is 11.3 Å². The molecule has 3 aromatic rings. The Morgan fingerprint density at radius 3 is 2.08 bits per heavy atom. The Balaban J connectivity index is 1.92. The number of hydrogen-bond acceptors (Lipinski definition) is 4. The monoisotopic (exact) mass is 525 g/mol. The first-order valence-corrected chi connectivity index (χ1v) is 15.2. The van der Waals surface area contributed by atoms with E-state index in [4.69, 9.17) is 13.9 Å². The summed E-state index contributed by atoms with van der Waals surface area (Å²) in [4.78, 5) is 15.8. The molecule has 2 aromatic carbocycles. The lowest BCUT2D eigenvalue weighted by molar-refractivity contribution is 0.0466. The lowest BCUT2D eigenvalue weighted by Gasteiger charge is -2.42. The Morgan fingerprint density at radius 1 is 0.865 bits per heavy atom. The number of benzene rings is 2. The van der Waals surface area contributed by atoms with Crippen LogP contribution >= 0.6 is 0 Å². The van der Waals surface area contributed by atoms with Crippen molar-refractivity contribution < 1.29 is 23.1 Å². The minimum Gasteiger partial charge on any atom is -0.543 e. The van der Waals surface area contributed by atoms with Gasteiger partial charge in [0.25, 0.3) is 8.32 Å². The summed E-state index contributed by atoms with van der Waals surface area (Å²) in [7, 11) is -2.23. The third-order valence-electron chi connectivity index (χ3n) is 6.87. The summed E-state index contributed by atoms with van der Waals surface area (Å²) in [5.74, 6) is 0.791. The van der Waals surface area contributed by atoms with Crippen molar-refractivity contribution in [3.05, 3.63) is 71.9 Å². The van der Waals surface area contributed by atoms with Crippen molar-refractivity contribution in [3.63, 3.8) is 0 Å². The van der Waals surface area contributed by atoms with Crippen LogP contribution in [0.25, 0.3) is 11.3 Å². The van der Waals surface area contributed by atoms with E-state index in [9.17, 15) is 9.18 Å². The number of ether oxygens (including phenoxy) is 2. The van der Waals surface area contributed by atoms with Crippen molar-refractivity contribution in [3.8, 4) is 22.8 Å². The fraction of sp³-hybridized carbons (Fsp3) is 0.433. The van der Waals surface area contributed by atoms with Crippen molar-refractivity contribution in [1.29, 1.82) is 0 Å². The molecule has 0 aliphatic rings. The van der Waals surface area contributed by atoms with Gasteiger partial charge in [-0.25, -0.2) is 9.18 Å². The topological polar surface area (TPSA) is 60.6 Å². The molecule has 7 heteroatoms. The maximum absolute atomic E-state index is 13.3. The molecule has 0 aliphatic heterocycles. The SMILES string of the molecule is CC(C)[Si](Oc1cc(O[C@@H](C)CF)cc(-c2ccc(C(=O)OCc3ccccc3)[nH]2)c1)(C(C)C)C(C)C. The molecule has 1 N–H and O–H groups in total. The van der Waals surface area contributed by atoms with Crippen LogP contribution in [0.5, 0.6) is 11.5 Å². The number of nitrogens with one attached hydrogen (secondary N) is 1. The first kappa shape index (κ1) is 28.5. The number of aromatic nitrogens is 1. The van der Waals surface area contributed by atoms with Gasteiger partial charge in [-0.1, -0.05) is 71.9 Å². The molecular formula is C30H40FNO4Si. The van der Waals surface area contributed by atoms with E-state index >= 15 is 0 Å². The van der Waals surface area contributed by atoms with Crippen molar-refractivity contribution >= 4 is 14.3 Å². The fourth-order valence-electron chi connectivity index (χ4n) is 5.16. The van der Waals surface area contributed by atoms with Gasteiger partial charge in [0, 0.05) is 17.3 Å². The van der Waals surface area contributed by atoms with E-state index in [0.717, 1.165) is 16.8 Å². The summed E-state index contributed by atoms with van der Waals surface area (Å²) < 4.78 is 31.5. The molecule has 0 aliphatic carbocycles. The molecule has 3 rings (SSSR count). The Morgan fingerprint density at radius 2 is 1.49 bits per heavy atom. The van der Waals surface area contributed by atoms with Gasteiger partial charge >= 0.3 is 5.97 Å². The highest BCUT2D eigenvalue weighted by Crippen LogP contribution is 2.44. The number of hydrogen-bond donors (Lipinski definition) is 1. The zero-order valence-corrected chi connectivity index (χ0v) is 24.0. The highest BCUT2D eigenvalue weighted by Gasteiger charge is 2.47. The summed E-state index contributed by atoms with van der Waals surface area (Å²) >= 11 is 0. The number of H-pyrrole nitrogens is 1. The molecule has 0 spiro atoms. The van der Waals surface area contributed by atoms with E-state index in [1.807, 2.05) is 54.6 Å². The van der Waals surface area contributed by atoms with E-state index < -0.39 is 27.1 Å². The molecule has 1 atom stereocenters. The van der Waals surface area contributed by atoms with E-state index in [0.29, 0.717) is 33.8 Å². The second-order valence-corrected chi connectivity index (χ2v) is 15.9. The maximum atomic E-state index is 13.3. The van der Waals surface area contributed by atoms with Gasteiger partial charge in [-0.2, -0.15) is 0 Å². The first-order chi connectivity index (χ1) is 17.6. The van der Waals surface area contributed by atoms with Crippen LogP contribution < -0.4 is 9.16 Å². The van der Waals surface area contributed by atoms with E-state index in [1.165, 1.54) is 0 Å². The second kappa shape index (κ2) is 12.5. The summed E-state index contributed by atoms with van der Waals surface area (Å²) in [6, 6.07) is 18.7. The van der Waals surface area contributed by atoms with Crippen LogP contribution in [0.3, 0.4) is 0 Å². The van der Waals surface area contributed by atoms with Crippen molar-refractivity contribution in [2.75, 3.05) is 6.67 Å². The van der Waals surface area contributed by atoms with Gasteiger partial charge in [0.05, 0.1) is 0 Å². The first-order valence-electron chi connectivity index (χ1n) is 13.0. The summed E-state index contributed by atoms with van der Waals surface area (Å²) in [6.45, 7) is 14.7. The van der Waals surface area contributed by atoms with Crippen LogP contribution in [0.2, 0.25) is 16.6 Å². The minimum absolute atomic E-state index is 0.197. The number of halogens is 1. The lowest BCUT2D eigenvalue weighted by atomic mass is 10.1. The number of esters is 1. The molecule has 1 aromatic heterocycles. The molecule has 0 saturated heterocycles. The third kappa shape index (κ3) is 6.83. The van der Waals surface area contributed by atoms with Gasteiger partial charge in [0.1, 0.15) is 36.6 Å². The van der Waals surface area contributed by atoms with Crippen molar-refractivity contribution in [1.82, 2.24) is 4.98 Å².